The van der Waals surface area contributed by atoms with E-state index in [0.717, 1.165) is 15.7 Å². The summed E-state index contributed by atoms with van der Waals surface area (Å²) in [5.41, 5.74) is 3.04. The van der Waals surface area contributed by atoms with E-state index in [9.17, 15) is 4.79 Å². The number of allylic oxidation sites excluding steroid dienone is 1. The summed E-state index contributed by atoms with van der Waals surface area (Å²) >= 11 is 3.36. The van der Waals surface area contributed by atoms with E-state index in [1.54, 1.807) is 18.2 Å². The van der Waals surface area contributed by atoms with Crippen LogP contribution in [0.25, 0.3) is 6.08 Å². The highest BCUT2D eigenvalue weighted by atomic mass is 79.9. The molecule has 4 heteroatoms. The van der Waals surface area contributed by atoms with Crippen molar-refractivity contribution in [3.63, 3.8) is 0 Å². The average molecular weight is 329 g/mol. The number of halogens is 1. The van der Waals surface area contributed by atoms with Gasteiger partial charge in [-0.15, -0.1) is 0 Å². The number of carbonyl (C=O) groups is 1. The van der Waals surface area contributed by atoms with Gasteiger partial charge in [-0.05, 0) is 42.8 Å². The van der Waals surface area contributed by atoms with E-state index in [1.165, 1.54) is 6.08 Å². The zero-order valence-electron chi connectivity index (χ0n) is 11.2. The minimum atomic E-state index is -0.0702. The van der Waals surface area contributed by atoms with E-state index in [4.69, 9.17) is 5.26 Å². The van der Waals surface area contributed by atoms with Crippen molar-refractivity contribution in [3.05, 3.63) is 63.4 Å². The Morgan fingerprint density at radius 3 is 2.70 bits per heavy atom. The third-order valence-electron chi connectivity index (χ3n) is 3.24. The van der Waals surface area contributed by atoms with Crippen LogP contribution in [0.4, 0.5) is 0 Å². The molecule has 0 saturated heterocycles. The molecule has 0 N–H and O–H groups in total. The molecule has 0 aliphatic rings. The first-order valence-corrected chi connectivity index (χ1v) is 6.87. The molecule has 3 nitrogen and oxygen atoms in total. The van der Waals surface area contributed by atoms with Crippen LogP contribution in [-0.4, -0.2) is 10.4 Å². The zero-order valence-corrected chi connectivity index (χ0v) is 12.8. The maximum atomic E-state index is 12.1. The summed E-state index contributed by atoms with van der Waals surface area (Å²) in [5.74, 6) is -0.0702. The zero-order chi connectivity index (χ0) is 14.7. The van der Waals surface area contributed by atoms with Crippen LogP contribution in [0, 0.1) is 18.3 Å². The lowest BCUT2D eigenvalue weighted by Gasteiger charge is -1.99. The quantitative estimate of drug-likeness (QED) is 0.634. The molecule has 0 bridgehead atoms. The molecule has 0 fully saturated rings. The minimum absolute atomic E-state index is 0.0702. The van der Waals surface area contributed by atoms with E-state index in [0.29, 0.717) is 11.3 Å². The monoisotopic (exact) mass is 328 g/mol. The van der Waals surface area contributed by atoms with Gasteiger partial charge in [0.2, 0.25) is 0 Å². The fourth-order valence-electron chi connectivity index (χ4n) is 1.92. The Bertz CT molecular complexity index is 735. The van der Waals surface area contributed by atoms with Crippen molar-refractivity contribution in [1.29, 1.82) is 5.26 Å². The van der Waals surface area contributed by atoms with Gasteiger partial charge in [0.15, 0.2) is 5.78 Å². The highest BCUT2D eigenvalue weighted by Gasteiger charge is 2.08. The van der Waals surface area contributed by atoms with Gasteiger partial charge < -0.3 is 4.57 Å². The van der Waals surface area contributed by atoms with Gasteiger partial charge in [0, 0.05) is 22.8 Å². The molecular formula is C16H13BrN2O. The van der Waals surface area contributed by atoms with Crippen LogP contribution in [-0.2, 0) is 7.05 Å². The number of hydrogen-bond acceptors (Lipinski definition) is 2. The predicted molar refractivity (Wildman–Crippen MR) is 82.4 cm³/mol. The molecule has 0 aliphatic heterocycles. The third-order valence-corrected chi connectivity index (χ3v) is 3.93. The van der Waals surface area contributed by atoms with Gasteiger partial charge >= 0.3 is 0 Å². The normalized spacial score (nSPS) is 10.7. The van der Waals surface area contributed by atoms with E-state index in [2.05, 4.69) is 22.0 Å². The van der Waals surface area contributed by atoms with Crippen molar-refractivity contribution in [1.82, 2.24) is 4.57 Å². The number of rotatable bonds is 3. The topological polar surface area (TPSA) is 45.8 Å². The number of aromatic nitrogens is 1. The Labute approximate surface area is 126 Å². The maximum absolute atomic E-state index is 12.1. The fourth-order valence-corrected chi connectivity index (χ4v) is 2.40. The second-order valence-corrected chi connectivity index (χ2v) is 5.27. The summed E-state index contributed by atoms with van der Waals surface area (Å²) in [6, 6.07) is 11.2. The summed E-state index contributed by atoms with van der Waals surface area (Å²) in [7, 11) is 1.83. The average Bonchev–Trinajstić information content (AvgIpc) is 2.72. The lowest BCUT2D eigenvalue weighted by molar-refractivity contribution is 0.104. The number of hydrogen-bond donors (Lipinski definition) is 0. The SMILES string of the molecule is Cc1c(/C=C/C(=O)c2ccccc2Br)cc(C#N)n1C. The summed E-state index contributed by atoms with van der Waals surface area (Å²) in [6.45, 7) is 1.92. The first kappa shape index (κ1) is 14.3. The molecule has 2 rings (SSSR count). The molecule has 0 saturated carbocycles. The van der Waals surface area contributed by atoms with Gasteiger partial charge in [-0.1, -0.05) is 28.1 Å². The van der Waals surface area contributed by atoms with Crippen LogP contribution in [0.5, 0.6) is 0 Å². The van der Waals surface area contributed by atoms with Gasteiger partial charge in [0.25, 0.3) is 0 Å². The van der Waals surface area contributed by atoms with Crippen molar-refractivity contribution in [3.8, 4) is 6.07 Å². The number of carbonyl (C=O) groups excluding carboxylic acids is 1. The summed E-state index contributed by atoms with van der Waals surface area (Å²) < 4.78 is 2.58. The highest BCUT2D eigenvalue weighted by Crippen LogP contribution is 2.19. The Morgan fingerprint density at radius 1 is 1.40 bits per heavy atom. The van der Waals surface area contributed by atoms with Crippen LogP contribution in [0.15, 0.2) is 40.9 Å². The van der Waals surface area contributed by atoms with Crippen molar-refractivity contribution < 1.29 is 4.79 Å². The molecule has 20 heavy (non-hydrogen) atoms. The summed E-state index contributed by atoms with van der Waals surface area (Å²) in [4.78, 5) is 12.1. The summed E-state index contributed by atoms with van der Waals surface area (Å²) in [6.07, 6.45) is 3.28. The van der Waals surface area contributed by atoms with Crippen LogP contribution in [0.1, 0.15) is 27.3 Å². The van der Waals surface area contributed by atoms with Gasteiger partial charge in [-0.2, -0.15) is 5.26 Å². The molecule has 100 valence electrons. The molecule has 1 heterocycles. The molecule has 0 atom stereocenters. The first-order chi connectivity index (χ1) is 9.54. The Hall–Kier alpha value is -2.12. The molecule has 1 aromatic carbocycles. The Morgan fingerprint density at radius 2 is 2.10 bits per heavy atom. The molecule has 0 radical (unpaired) electrons. The van der Waals surface area contributed by atoms with Crippen LogP contribution >= 0.6 is 15.9 Å². The molecule has 0 aliphatic carbocycles. The van der Waals surface area contributed by atoms with Gasteiger partial charge in [-0.25, -0.2) is 0 Å². The van der Waals surface area contributed by atoms with Crippen molar-refractivity contribution in [2.45, 2.75) is 6.92 Å². The number of ketones is 1. The van der Waals surface area contributed by atoms with E-state index < -0.39 is 0 Å². The number of nitriles is 1. The second-order valence-electron chi connectivity index (χ2n) is 4.42. The maximum Gasteiger partial charge on any atom is 0.186 e. The van der Waals surface area contributed by atoms with Crippen LogP contribution < -0.4 is 0 Å². The molecule has 0 unspecified atom stereocenters. The van der Waals surface area contributed by atoms with E-state index >= 15 is 0 Å². The lowest BCUT2D eigenvalue weighted by atomic mass is 10.1. The smallest absolute Gasteiger partial charge is 0.186 e. The molecule has 0 spiro atoms. The fraction of sp³-hybridized carbons (Fsp3) is 0.125. The Balaban J connectivity index is 2.29. The number of nitrogens with zero attached hydrogens (tertiary/aromatic N) is 2. The van der Waals surface area contributed by atoms with Gasteiger partial charge in [-0.3, -0.25) is 4.79 Å². The summed E-state index contributed by atoms with van der Waals surface area (Å²) in [5, 5.41) is 8.98. The lowest BCUT2D eigenvalue weighted by Crippen LogP contribution is -1.95. The van der Waals surface area contributed by atoms with Crippen LogP contribution in [0.3, 0.4) is 0 Å². The predicted octanol–water partition coefficient (Wildman–Crippen LogP) is 3.86. The van der Waals surface area contributed by atoms with Crippen LogP contribution in [0.2, 0.25) is 0 Å². The molecule has 2 aromatic rings. The standard InChI is InChI=1S/C16H13BrN2O/c1-11-12(9-13(10-18)19(11)2)7-8-16(20)14-5-3-4-6-15(14)17/h3-9H,1-2H3/b8-7+. The number of benzene rings is 1. The minimum Gasteiger partial charge on any atom is -0.339 e. The molecule has 0 amide bonds. The third kappa shape index (κ3) is 2.73. The molecular weight excluding hydrogens is 316 g/mol. The van der Waals surface area contributed by atoms with Crippen molar-refractivity contribution in [2.24, 2.45) is 7.05 Å². The van der Waals surface area contributed by atoms with E-state index in [1.807, 2.05) is 36.7 Å². The van der Waals surface area contributed by atoms with Crippen molar-refractivity contribution >= 4 is 27.8 Å². The second kappa shape index (κ2) is 5.89. The highest BCUT2D eigenvalue weighted by molar-refractivity contribution is 9.10. The van der Waals surface area contributed by atoms with Gasteiger partial charge in [0.1, 0.15) is 11.8 Å². The first-order valence-electron chi connectivity index (χ1n) is 6.08. The van der Waals surface area contributed by atoms with E-state index in [-0.39, 0.29) is 5.78 Å². The molecule has 1 aromatic heterocycles. The van der Waals surface area contributed by atoms with Crippen molar-refractivity contribution in [2.75, 3.05) is 0 Å². The largest absolute Gasteiger partial charge is 0.339 e. The van der Waals surface area contributed by atoms with Gasteiger partial charge in [0.05, 0.1) is 0 Å². The Kier molecular flexibility index (Phi) is 4.21.